The number of hydrogen-bond donors (Lipinski definition) is 2. The quantitative estimate of drug-likeness (QED) is 0.590. The molecule has 1 aliphatic rings. The van der Waals surface area contributed by atoms with Gasteiger partial charge in [0.1, 0.15) is 18.0 Å². The van der Waals surface area contributed by atoms with Crippen molar-refractivity contribution in [3.8, 4) is 0 Å². The smallest absolute Gasteiger partial charge is 0.248 e. The summed E-state index contributed by atoms with van der Waals surface area (Å²) in [4.78, 5) is 23.1. The zero-order chi connectivity index (χ0) is 21.1. The van der Waals surface area contributed by atoms with Gasteiger partial charge in [0.15, 0.2) is 0 Å². The highest BCUT2D eigenvalue weighted by Crippen LogP contribution is 2.29. The lowest BCUT2D eigenvalue weighted by atomic mass is 10.0. The Morgan fingerprint density at radius 1 is 1.20 bits per heavy atom. The van der Waals surface area contributed by atoms with Gasteiger partial charge in [-0.3, -0.25) is 4.79 Å². The molecular weight excluding hydrogens is 405 g/mol. The summed E-state index contributed by atoms with van der Waals surface area (Å²) in [5.41, 5.74) is 2.32. The van der Waals surface area contributed by atoms with Crippen molar-refractivity contribution < 1.29 is 9.18 Å². The lowest BCUT2D eigenvalue weighted by Crippen LogP contribution is -2.27. The summed E-state index contributed by atoms with van der Waals surface area (Å²) in [5.74, 6) is -0.398. The van der Waals surface area contributed by atoms with Gasteiger partial charge in [-0.05, 0) is 44.2 Å². The van der Waals surface area contributed by atoms with Crippen LogP contribution in [0.3, 0.4) is 0 Å². The van der Waals surface area contributed by atoms with E-state index in [1.165, 1.54) is 12.4 Å². The molecule has 1 saturated heterocycles. The molecule has 0 bridgehead atoms. The number of halogens is 2. The van der Waals surface area contributed by atoms with E-state index in [0.717, 1.165) is 37.2 Å². The van der Waals surface area contributed by atoms with Gasteiger partial charge in [-0.15, -0.1) is 0 Å². The van der Waals surface area contributed by atoms with E-state index in [0.29, 0.717) is 21.7 Å². The number of piperidine rings is 1. The van der Waals surface area contributed by atoms with Gasteiger partial charge in [-0.2, -0.15) is 0 Å². The molecule has 1 fully saturated rings. The van der Waals surface area contributed by atoms with E-state index in [2.05, 4.69) is 32.5 Å². The van der Waals surface area contributed by atoms with Gasteiger partial charge in [-0.25, -0.2) is 14.4 Å². The molecular formula is C22H21ClFN5O. The topological polar surface area (TPSA) is 70.2 Å². The molecule has 2 N–H and O–H groups in total. The third kappa shape index (κ3) is 4.75. The highest BCUT2D eigenvalue weighted by atomic mass is 35.5. The number of carbonyl (C=O) groups is 1. The Bertz CT molecular complexity index is 1120. The third-order valence-electron chi connectivity index (χ3n) is 5.03. The number of aromatic nitrogens is 2. The van der Waals surface area contributed by atoms with Gasteiger partial charge in [0.25, 0.3) is 0 Å². The molecule has 1 amide bonds. The molecule has 0 spiro atoms. The van der Waals surface area contributed by atoms with E-state index in [4.69, 9.17) is 11.6 Å². The average molecular weight is 426 g/mol. The molecule has 1 aliphatic heterocycles. The fourth-order valence-corrected chi connectivity index (χ4v) is 3.57. The van der Waals surface area contributed by atoms with E-state index >= 15 is 0 Å². The van der Waals surface area contributed by atoms with E-state index in [-0.39, 0.29) is 11.6 Å². The summed E-state index contributed by atoms with van der Waals surface area (Å²) >= 11 is 6.04. The van der Waals surface area contributed by atoms with Gasteiger partial charge in [0, 0.05) is 41.3 Å². The fraction of sp³-hybridized carbons (Fsp3) is 0.227. The highest BCUT2D eigenvalue weighted by Gasteiger charge is 2.14. The van der Waals surface area contributed by atoms with Gasteiger partial charge in [-0.1, -0.05) is 23.2 Å². The second-order valence-electron chi connectivity index (χ2n) is 7.30. The van der Waals surface area contributed by atoms with Crippen LogP contribution < -0.4 is 10.6 Å². The van der Waals surface area contributed by atoms with Crippen LogP contribution in [0.5, 0.6) is 0 Å². The first kappa shape index (κ1) is 20.3. The molecule has 6 nitrogen and oxygen atoms in total. The summed E-state index contributed by atoms with van der Waals surface area (Å²) in [6.07, 6.45) is 4.61. The number of likely N-dealkylation sites (tertiary alicyclic amines) is 1. The molecule has 3 aromatic rings. The van der Waals surface area contributed by atoms with E-state index in [1.54, 1.807) is 24.3 Å². The number of carbonyl (C=O) groups excluding carboxylic acids is 1. The minimum atomic E-state index is -0.551. The SMILES string of the molecule is CN1CCC(=CC(=O)Nc2cc3c(Nc4cccc(Cl)c4)ncnc3cc2F)CC1. The van der Waals surface area contributed by atoms with Crippen molar-refractivity contribution in [1.82, 2.24) is 14.9 Å². The van der Waals surface area contributed by atoms with Crippen molar-refractivity contribution in [3.05, 3.63) is 65.2 Å². The van der Waals surface area contributed by atoms with Crippen LogP contribution >= 0.6 is 11.6 Å². The maximum Gasteiger partial charge on any atom is 0.248 e. The standard InChI is InChI=1S/C22H21ClFN5O/c1-29-7-5-14(6-8-29)9-21(30)28-20-11-17-19(12-18(20)24)25-13-26-22(17)27-16-4-2-3-15(23)10-16/h2-4,9-13H,5-8H2,1H3,(H,28,30)(H,25,26,27). The number of benzene rings is 2. The number of nitrogens with one attached hydrogen (secondary N) is 2. The molecule has 0 atom stereocenters. The Morgan fingerprint density at radius 3 is 2.77 bits per heavy atom. The Labute approximate surface area is 178 Å². The molecule has 4 rings (SSSR count). The van der Waals surface area contributed by atoms with Crippen LogP contribution in [-0.4, -0.2) is 40.9 Å². The molecule has 2 heterocycles. The van der Waals surface area contributed by atoms with Crippen LogP contribution in [0.25, 0.3) is 10.9 Å². The number of fused-ring (bicyclic) bond motifs is 1. The molecule has 0 radical (unpaired) electrons. The largest absolute Gasteiger partial charge is 0.340 e. The van der Waals surface area contributed by atoms with E-state index < -0.39 is 5.82 Å². The first-order valence-electron chi connectivity index (χ1n) is 9.64. The molecule has 1 aromatic heterocycles. The highest BCUT2D eigenvalue weighted by molar-refractivity contribution is 6.30. The first-order valence-corrected chi connectivity index (χ1v) is 10.0. The summed E-state index contributed by atoms with van der Waals surface area (Å²) in [6, 6.07) is 10.0. The van der Waals surface area contributed by atoms with Crippen molar-refractivity contribution in [3.63, 3.8) is 0 Å². The summed E-state index contributed by atoms with van der Waals surface area (Å²) in [6.45, 7) is 1.83. The minimum absolute atomic E-state index is 0.0845. The molecule has 30 heavy (non-hydrogen) atoms. The van der Waals surface area contributed by atoms with Crippen LogP contribution in [0.15, 0.2) is 54.4 Å². The van der Waals surface area contributed by atoms with Crippen molar-refractivity contribution in [2.45, 2.75) is 12.8 Å². The maximum absolute atomic E-state index is 14.6. The van der Waals surface area contributed by atoms with Gasteiger partial charge in [0.05, 0.1) is 11.2 Å². The van der Waals surface area contributed by atoms with Crippen molar-refractivity contribution in [2.24, 2.45) is 0 Å². The van der Waals surface area contributed by atoms with Crippen LogP contribution in [0, 0.1) is 5.82 Å². The normalized spacial score (nSPS) is 14.6. The maximum atomic E-state index is 14.6. The summed E-state index contributed by atoms with van der Waals surface area (Å²) in [5, 5.41) is 6.99. The number of hydrogen-bond acceptors (Lipinski definition) is 5. The summed E-state index contributed by atoms with van der Waals surface area (Å²) < 4.78 is 14.6. The van der Waals surface area contributed by atoms with Crippen molar-refractivity contribution in [1.29, 1.82) is 0 Å². The molecule has 0 saturated carbocycles. The predicted molar refractivity (Wildman–Crippen MR) is 118 cm³/mol. The Hall–Kier alpha value is -3.03. The monoisotopic (exact) mass is 425 g/mol. The molecule has 0 unspecified atom stereocenters. The fourth-order valence-electron chi connectivity index (χ4n) is 3.38. The van der Waals surface area contributed by atoms with Gasteiger partial charge < -0.3 is 15.5 Å². The van der Waals surface area contributed by atoms with Crippen molar-refractivity contribution in [2.75, 3.05) is 30.8 Å². The number of anilines is 3. The lowest BCUT2D eigenvalue weighted by Gasteiger charge is -2.23. The van der Waals surface area contributed by atoms with Crippen LogP contribution in [0.4, 0.5) is 21.6 Å². The number of rotatable bonds is 4. The first-order chi connectivity index (χ1) is 14.5. The van der Waals surface area contributed by atoms with Crippen molar-refractivity contribution >= 4 is 45.6 Å². The number of nitrogens with zero attached hydrogens (tertiary/aromatic N) is 3. The van der Waals surface area contributed by atoms with Crippen LogP contribution in [0.2, 0.25) is 5.02 Å². The Kier molecular flexibility index (Phi) is 5.92. The third-order valence-corrected chi connectivity index (χ3v) is 5.27. The van der Waals surface area contributed by atoms with Crippen LogP contribution in [0.1, 0.15) is 12.8 Å². The second-order valence-corrected chi connectivity index (χ2v) is 7.74. The van der Waals surface area contributed by atoms with Crippen LogP contribution in [-0.2, 0) is 4.79 Å². The zero-order valence-electron chi connectivity index (χ0n) is 16.5. The molecule has 8 heteroatoms. The molecule has 2 aromatic carbocycles. The predicted octanol–water partition coefficient (Wildman–Crippen LogP) is 4.76. The van der Waals surface area contributed by atoms with Gasteiger partial charge >= 0.3 is 0 Å². The number of amides is 1. The Morgan fingerprint density at radius 2 is 2.00 bits per heavy atom. The average Bonchev–Trinajstić information content (AvgIpc) is 2.71. The van der Waals surface area contributed by atoms with E-state index in [9.17, 15) is 9.18 Å². The minimum Gasteiger partial charge on any atom is -0.340 e. The lowest BCUT2D eigenvalue weighted by molar-refractivity contribution is -0.112. The summed E-state index contributed by atoms with van der Waals surface area (Å²) in [7, 11) is 2.05. The molecule has 0 aliphatic carbocycles. The second kappa shape index (κ2) is 8.77. The van der Waals surface area contributed by atoms with E-state index in [1.807, 2.05) is 12.1 Å². The zero-order valence-corrected chi connectivity index (χ0v) is 17.2. The Balaban J connectivity index is 1.60. The van der Waals surface area contributed by atoms with Gasteiger partial charge in [0.2, 0.25) is 5.91 Å². The molecule has 154 valence electrons.